The van der Waals surface area contributed by atoms with Crippen LogP contribution in [0.4, 0.5) is 8.78 Å². The summed E-state index contributed by atoms with van der Waals surface area (Å²) in [6.07, 6.45) is 0.419. The fraction of sp³-hybridized carbons (Fsp3) is 0.364. The molecule has 1 saturated heterocycles. The van der Waals surface area contributed by atoms with Crippen molar-refractivity contribution in [1.29, 1.82) is 0 Å². The van der Waals surface area contributed by atoms with E-state index in [9.17, 15) is 22.0 Å². The first kappa shape index (κ1) is 13.9. The predicted octanol–water partition coefficient (Wildman–Crippen LogP) is 0.475. The maximum absolute atomic E-state index is 13.5. The van der Waals surface area contributed by atoms with E-state index in [1.165, 1.54) is 0 Å². The third kappa shape index (κ3) is 2.90. The maximum atomic E-state index is 13.5. The summed E-state index contributed by atoms with van der Waals surface area (Å²) in [7, 11) is -4.21. The number of benzene rings is 1. The van der Waals surface area contributed by atoms with Crippen molar-refractivity contribution in [3.8, 4) is 0 Å². The van der Waals surface area contributed by atoms with Crippen LogP contribution in [0.15, 0.2) is 23.1 Å². The lowest BCUT2D eigenvalue weighted by molar-refractivity contribution is -0.120. The smallest absolute Gasteiger partial charge is 0.246 e. The standard InChI is InChI=1S/C11H12F2N2O3S/c12-8-2-3-9(13)10(6-8)19(17,18)15-5-1-4-14-11(16)7-15/h2-3,6H,1,4-5,7H2,(H,14,16). The molecule has 0 unspecified atom stereocenters. The van der Waals surface area contributed by atoms with Gasteiger partial charge in [0.1, 0.15) is 16.5 Å². The Kier molecular flexibility index (Phi) is 3.81. The molecule has 1 N–H and O–H groups in total. The van der Waals surface area contributed by atoms with Crippen LogP contribution >= 0.6 is 0 Å². The van der Waals surface area contributed by atoms with Gasteiger partial charge in [0.05, 0.1) is 6.54 Å². The van der Waals surface area contributed by atoms with E-state index < -0.39 is 39.0 Å². The first-order valence-corrected chi connectivity index (χ1v) is 7.07. The Bertz CT molecular complexity index is 604. The van der Waals surface area contributed by atoms with Gasteiger partial charge >= 0.3 is 0 Å². The molecule has 1 heterocycles. The van der Waals surface area contributed by atoms with Gasteiger partial charge in [0.15, 0.2) is 0 Å². The van der Waals surface area contributed by atoms with Crippen molar-refractivity contribution in [2.45, 2.75) is 11.3 Å². The van der Waals surface area contributed by atoms with E-state index in [0.29, 0.717) is 19.0 Å². The lowest BCUT2D eigenvalue weighted by Crippen LogP contribution is -2.37. The number of halogens is 2. The molecule has 0 radical (unpaired) electrons. The van der Waals surface area contributed by atoms with Gasteiger partial charge in [-0.2, -0.15) is 4.31 Å². The summed E-state index contributed by atoms with van der Waals surface area (Å²) < 4.78 is 51.9. The number of carbonyl (C=O) groups is 1. The number of hydrogen-bond donors (Lipinski definition) is 1. The van der Waals surface area contributed by atoms with Gasteiger partial charge < -0.3 is 5.32 Å². The highest BCUT2D eigenvalue weighted by molar-refractivity contribution is 7.89. The number of rotatable bonds is 2. The van der Waals surface area contributed by atoms with Gasteiger partial charge in [-0.25, -0.2) is 17.2 Å². The Morgan fingerprint density at radius 2 is 2.00 bits per heavy atom. The summed E-state index contributed by atoms with van der Waals surface area (Å²) in [5.41, 5.74) is 0. The fourth-order valence-electron chi connectivity index (χ4n) is 1.80. The lowest BCUT2D eigenvalue weighted by atomic mass is 10.3. The quantitative estimate of drug-likeness (QED) is 0.861. The summed E-state index contributed by atoms with van der Waals surface area (Å²) in [4.78, 5) is 10.6. The number of hydrogen-bond acceptors (Lipinski definition) is 3. The molecule has 1 aromatic rings. The van der Waals surface area contributed by atoms with Gasteiger partial charge in [0, 0.05) is 13.1 Å². The number of amides is 1. The fourth-order valence-corrected chi connectivity index (χ4v) is 3.31. The third-order valence-electron chi connectivity index (χ3n) is 2.74. The first-order valence-electron chi connectivity index (χ1n) is 5.63. The summed E-state index contributed by atoms with van der Waals surface area (Å²) in [5, 5.41) is 2.51. The zero-order valence-corrected chi connectivity index (χ0v) is 10.7. The van der Waals surface area contributed by atoms with Crippen molar-refractivity contribution in [3.63, 3.8) is 0 Å². The molecule has 0 atom stereocenters. The topological polar surface area (TPSA) is 66.5 Å². The molecule has 1 aliphatic rings. The molecular formula is C11H12F2N2O3S. The highest BCUT2D eigenvalue weighted by atomic mass is 32.2. The van der Waals surface area contributed by atoms with Gasteiger partial charge in [-0.15, -0.1) is 0 Å². The Hall–Kier alpha value is -1.54. The molecule has 2 rings (SSSR count). The number of nitrogens with one attached hydrogen (secondary N) is 1. The van der Waals surface area contributed by atoms with E-state index in [4.69, 9.17) is 0 Å². The molecule has 0 aromatic heterocycles. The Balaban J connectivity index is 2.40. The van der Waals surface area contributed by atoms with Gasteiger partial charge in [-0.05, 0) is 24.6 Å². The minimum Gasteiger partial charge on any atom is -0.355 e. The van der Waals surface area contributed by atoms with Crippen LogP contribution in [0, 0.1) is 11.6 Å². The molecule has 1 aromatic carbocycles. The Morgan fingerprint density at radius 3 is 2.74 bits per heavy atom. The van der Waals surface area contributed by atoms with Gasteiger partial charge in [0.2, 0.25) is 15.9 Å². The third-order valence-corrected chi connectivity index (χ3v) is 4.60. The van der Waals surface area contributed by atoms with E-state index >= 15 is 0 Å². The molecule has 19 heavy (non-hydrogen) atoms. The predicted molar refractivity (Wildman–Crippen MR) is 62.7 cm³/mol. The van der Waals surface area contributed by atoms with Crippen LogP contribution in [-0.2, 0) is 14.8 Å². The van der Waals surface area contributed by atoms with Gasteiger partial charge in [0.25, 0.3) is 0 Å². The minimum atomic E-state index is -4.21. The molecule has 0 saturated carbocycles. The van der Waals surface area contributed by atoms with Crippen LogP contribution in [-0.4, -0.2) is 38.3 Å². The van der Waals surface area contributed by atoms with Crippen LogP contribution in [0.25, 0.3) is 0 Å². The van der Waals surface area contributed by atoms with Crippen LogP contribution in [0.5, 0.6) is 0 Å². The number of nitrogens with zero attached hydrogens (tertiary/aromatic N) is 1. The summed E-state index contributed by atoms with van der Waals surface area (Å²) >= 11 is 0. The highest BCUT2D eigenvalue weighted by Gasteiger charge is 2.30. The van der Waals surface area contributed by atoms with Crippen molar-refractivity contribution < 1.29 is 22.0 Å². The molecule has 8 heteroatoms. The van der Waals surface area contributed by atoms with Crippen LogP contribution in [0.3, 0.4) is 0 Å². The molecule has 0 aliphatic carbocycles. The largest absolute Gasteiger partial charge is 0.355 e. The average molecular weight is 290 g/mol. The molecule has 1 fully saturated rings. The van der Waals surface area contributed by atoms with E-state index in [1.54, 1.807) is 0 Å². The maximum Gasteiger partial charge on any atom is 0.246 e. The average Bonchev–Trinajstić information content (AvgIpc) is 2.57. The Morgan fingerprint density at radius 1 is 1.26 bits per heavy atom. The molecule has 0 bridgehead atoms. The summed E-state index contributed by atoms with van der Waals surface area (Å²) in [6, 6.07) is 2.21. The monoisotopic (exact) mass is 290 g/mol. The van der Waals surface area contributed by atoms with Crippen LogP contribution in [0.2, 0.25) is 0 Å². The van der Waals surface area contributed by atoms with E-state index in [-0.39, 0.29) is 6.54 Å². The van der Waals surface area contributed by atoms with Crippen molar-refractivity contribution >= 4 is 15.9 Å². The molecule has 104 valence electrons. The first-order chi connectivity index (χ1) is 8.91. The normalized spacial score (nSPS) is 17.9. The second kappa shape index (κ2) is 5.22. The minimum absolute atomic E-state index is 0.0804. The van der Waals surface area contributed by atoms with Crippen LogP contribution < -0.4 is 5.32 Å². The van der Waals surface area contributed by atoms with E-state index in [0.717, 1.165) is 16.4 Å². The second-order valence-corrected chi connectivity index (χ2v) is 6.02. The number of carbonyl (C=O) groups excluding carboxylic acids is 1. The van der Waals surface area contributed by atoms with E-state index in [2.05, 4.69) is 5.32 Å². The van der Waals surface area contributed by atoms with Gasteiger partial charge in [-0.3, -0.25) is 4.79 Å². The molecule has 1 aliphatic heterocycles. The molecular weight excluding hydrogens is 278 g/mol. The SMILES string of the molecule is O=C1CN(S(=O)(=O)c2cc(F)ccc2F)CCCN1. The van der Waals surface area contributed by atoms with Crippen molar-refractivity contribution in [2.75, 3.05) is 19.6 Å². The summed E-state index contributed by atoms with van der Waals surface area (Å²) in [6.45, 7) is 0.0474. The Labute approximate surface area is 109 Å². The molecule has 1 amide bonds. The lowest BCUT2D eigenvalue weighted by Gasteiger charge is -2.19. The number of sulfonamides is 1. The zero-order chi connectivity index (χ0) is 14.0. The highest BCUT2D eigenvalue weighted by Crippen LogP contribution is 2.21. The van der Waals surface area contributed by atoms with Crippen molar-refractivity contribution in [1.82, 2.24) is 9.62 Å². The van der Waals surface area contributed by atoms with Crippen LogP contribution in [0.1, 0.15) is 6.42 Å². The van der Waals surface area contributed by atoms with E-state index in [1.807, 2.05) is 0 Å². The van der Waals surface area contributed by atoms with Crippen molar-refractivity contribution in [3.05, 3.63) is 29.8 Å². The zero-order valence-electron chi connectivity index (χ0n) is 9.90. The summed E-state index contributed by atoms with van der Waals surface area (Å²) in [5.74, 6) is -2.34. The van der Waals surface area contributed by atoms with Gasteiger partial charge in [-0.1, -0.05) is 0 Å². The second-order valence-electron chi connectivity index (χ2n) is 4.12. The molecule has 5 nitrogen and oxygen atoms in total. The molecule has 0 spiro atoms. The van der Waals surface area contributed by atoms with Crippen molar-refractivity contribution in [2.24, 2.45) is 0 Å².